The Hall–Kier alpha value is -3.82. The normalized spacial score (nSPS) is 11.1. The number of halogens is 1. The molecular formula is C24H18ClN5O3S. The van der Waals surface area contributed by atoms with Gasteiger partial charge in [-0.25, -0.2) is 4.98 Å². The minimum absolute atomic E-state index is 0.126. The lowest BCUT2D eigenvalue weighted by Crippen LogP contribution is -2.32. The number of aromatic nitrogens is 4. The Bertz CT molecular complexity index is 1560. The first kappa shape index (κ1) is 22.0. The number of benzene rings is 2. The van der Waals surface area contributed by atoms with Crippen LogP contribution in [0.1, 0.15) is 11.1 Å². The summed E-state index contributed by atoms with van der Waals surface area (Å²) in [6, 6.07) is 16.7. The van der Waals surface area contributed by atoms with Crippen LogP contribution >= 0.6 is 22.9 Å². The van der Waals surface area contributed by atoms with Crippen molar-refractivity contribution in [1.29, 1.82) is 0 Å². The highest BCUT2D eigenvalue weighted by molar-refractivity contribution is 7.22. The van der Waals surface area contributed by atoms with Crippen LogP contribution in [0.25, 0.3) is 32.4 Å². The van der Waals surface area contributed by atoms with E-state index in [2.05, 4.69) is 20.4 Å². The molecule has 0 bridgehead atoms. The van der Waals surface area contributed by atoms with Gasteiger partial charge in [-0.05, 0) is 30.2 Å². The molecule has 0 aliphatic carbocycles. The molecule has 0 fully saturated rings. The molecule has 5 rings (SSSR count). The maximum atomic E-state index is 13.1. The number of carbonyl (C=O) groups excluding carboxylic acids is 1. The van der Waals surface area contributed by atoms with Gasteiger partial charge in [0.05, 0.1) is 16.6 Å². The van der Waals surface area contributed by atoms with Crippen LogP contribution in [0.3, 0.4) is 0 Å². The Morgan fingerprint density at radius 2 is 2.00 bits per heavy atom. The first-order valence-electron chi connectivity index (χ1n) is 10.4. The number of aryl methyl sites for hydroxylation is 1. The summed E-state index contributed by atoms with van der Waals surface area (Å²) in [5, 5.41) is 7.87. The van der Waals surface area contributed by atoms with E-state index in [0.29, 0.717) is 43.9 Å². The third-order valence-corrected chi connectivity index (χ3v) is 6.69. The van der Waals surface area contributed by atoms with E-state index < -0.39 is 0 Å². The summed E-state index contributed by atoms with van der Waals surface area (Å²) in [6.45, 7) is 2.07. The Labute approximate surface area is 202 Å². The van der Waals surface area contributed by atoms with Gasteiger partial charge in [0.15, 0.2) is 0 Å². The molecule has 0 saturated heterocycles. The number of hydrogen-bond donors (Lipinski definition) is 1. The van der Waals surface area contributed by atoms with Gasteiger partial charge in [0.25, 0.3) is 11.4 Å². The SMILES string of the molecule is Cc1c(-c2nc(-c3cccc(Cl)c3)no2)sc2ncn(CC(=O)NCc3ccccc3)c(=O)c12. The largest absolute Gasteiger partial charge is 0.350 e. The van der Waals surface area contributed by atoms with E-state index in [9.17, 15) is 9.59 Å². The van der Waals surface area contributed by atoms with E-state index in [1.165, 1.54) is 22.2 Å². The monoisotopic (exact) mass is 491 g/mol. The van der Waals surface area contributed by atoms with Crippen LogP contribution in [-0.4, -0.2) is 25.6 Å². The van der Waals surface area contributed by atoms with Gasteiger partial charge in [0.2, 0.25) is 11.7 Å². The van der Waals surface area contributed by atoms with Crippen molar-refractivity contribution in [2.24, 2.45) is 0 Å². The van der Waals surface area contributed by atoms with E-state index >= 15 is 0 Å². The molecular weight excluding hydrogens is 474 g/mol. The van der Waals surface area contributed by atoms with E-state index in [-0.39, 0.29) is 18.0 Å². The summed E-state index contributed by atoms with van der Waals surface area (Å²) >= 11 is 7.35. The number of rotatable bonds is 6. The molecule has 0 unspecified atom stereocenters. The molecule has 1 N–H and O–H groups in total. The fourth-order valence-corrected chi connectivity index (χ4v) is 4.79. The number of amides is 1. The molecule has 10 heteroatoms. The average Bonchev–Trinajstić information content (AvgIpc) is 3.45. The second-order valence-corrected chi connectivity index (χ2v) is 9.05. The van der Waals surface area contributed by atoms with E-state index in [1.807, 2.05) is 36.4 Å². The predicted molar refractivity (Wildman–Crippen MR) is 131 cm³/mol. The quantitative estimate of drug-likeness (QED) is 0.376. The number of nitrogens with one attached hydrogen (secondary N) is 1. The van der Waals surface area contributed by atoms with Gasteiger partial charge in [0.1, 0.15) is 11.4 Å². The summed E-state index contributed by atoms with van der Waals surface area (Å²) < 4.78 is 6.77. The van der Waals surface area contributed by atoms with Crippen molar-refractivity contribution in [3.8, 4) is 22.2 Å². The zero-order valence-corrected chi connectivity index (χ0v) is 19.6. The standard InChI is InChI=1S/C24H18ClN5O3S/c1-14-19-23(34-20(14)22-28-21(29-33-22)16-8-5-9-17(25)10-16)27-13-30(24(19)32)12-18(31)26-11-15-6-3-2-4-7-15/h2-10,13H,11-12H2,1H3,(H,26,31). The van der Waals surface area contributed by atoms with Gasteiger partial charge in [-0.1, -0.05) is 59.2 Å². The number of fused-ring (bicyclic) bond motifs is 1. The minimum atomic E-state index is -0.297. The van der Waals surface area contributed by atoms with Crippen LogP contribution in [0.15, 0.2) is 70.2 Å². The zero-order valence-electron chi connectivity index (χ0n) is 18.0. The van der Waals surface area contributed by atoms with Crippen LogP contribution in [0.5, 0.6) is 0 Å². The Kier molecular flexibility index (Phi) is 5.95. The average molecular weight is 492 g/mol. The maximum Gasteiger partial charge on any atom is 0.268 e. The van der Waals surface area contributed by atoms with Gasteiger partial charge >= 0.3 is 0 Å². The highest BCUT2D eigenvalue weighted by atomic mass is 35.5. The number of nitrogens with zero attached hydrogens (tertiary/aromatic N) is 4. The van der Waals surface area contributed by atoms with E-state index in [0.717, 1.165) is 11.1 Å². The van der Waals surface area contributed by atoms with E-state index in [1.54, 1.807) is 25.1 Å². The predicted octanol–water partition coefficient (Wildman–Crippen LogP) is 4.45. The van der Waals surface area contributed by atoms with Crippen LogP contribution in [0, 0.1) is 6.92 Å². The topological polar surface area (TPSA) is 103 Å². The van der Waals surface area contributed by atoms with Crippen molar-refractivity contribution in [2.75, 3.05) is 0 Å². The van der Waals surface area contributed by atoms with Crippen LogP contribution in [-0.2, 0) is 17.9 Å². The highest BCUT2D eigenvalue weighted by Gasteiger charge is 2.21. The van der Waals surface area contributed by atoms with Gasteiger partial charge in [0, 0.05) is 17.1 Å². The third kappa shape index (κ3) is 4.35. The second-order valence-electron chi connectivity index (χ2n) is 7.61. The number of hydrogen-bond acceptors (Lipinski definition) is 7. The van der Waals surface area contributed by atoms with Crippen molar-refractivity contribution in [2.45, 2.75) is 20.0 Å². The van der Waals surface area contributed by atoms with Crippen LogP contribution in [0.2, 0.25) is 5.02 Å². The molecule has 3 heterocycles. The van der Waals surface area contributed by atoms with Crippen LogP contribution < -0.4 is 10.9 Å². The minimum Gasteiger partial charge on any atom is -0.350 e. The molecule has 0 atom stereocenters. The Morgan fingerprint density at radius 3 is 2.79 bits per heavy atom. The molecule has 1 amide bonds. The zero-order chi connectivity index (χ0) is 23.7. The first-order valence-corrected chi connectivity index (χ1v) is 11.6. The maximum absolute atomic E-state index is 13.1. The van der Waals surface area contributed by atoms with Gasteiger partial charge < -0.3 is 9.84 Å². The van der Waals surface area contributed by atoms with Crippen molar-refractivity contribution in [3.05, 3.63) is 87.4 Å². The molecule has 0 aliphatic heterocycles. The first-order chi connectivity index (χ1) is 16.5. The molecule has 0 aliphatic rings. The molecule has 5 aromatic rings. The molecule has 2 aromatic carbocycles. The highest BCUT2D eigenvalue weighted by Crippen LogP contribution is 2.35. The molecule has 0 radical (unpaired) electrons. The Morgan fingerprint density at radius 1 is 1.18 bits per heavy atom. The fraction of sp³-hybridized carbons (Fsp3) is 0.125. The smallest absolute Gasteiger partial charge is 0.268 e. The number of carbonyl (C=O) groups is 1. The summed E-state index contributed by atoms with van der Waals surface area (Å²) in [5.41, 5.74) is 2.09. The fourth-order valence-electron chi connectivity index (χ4n) is 3.54. The van der Waals surface area contributed by atoms with Gasteiger partial charge in [-0.3, -0.25) is 14.2 Å². The van der Waals surface area contributed by atoms with Crippen molar-refractivity contribution >= 4 is 39.1 Å². The van der Waals surface area contributed by atoms with Gasteiger partial charge in [-0.15, -0.1) is 11.3 Å². The third-order valence-electron chi connectivity index (χ3n) is 5.27. The second kappa shape index (κ2) is 9.20. The van der Waals surface area contributed by atoms with E-state index in [4.69, 9.17) is 16.1 Å². The lowest BCUT2D eigenvalue weighted by molar-refractivity contribution is -0.121. The molecule has 3 aromatic heterocycles. The van der Waals surface area contributed by atoms with Crippen LogP contribution in [0.4, 0.5) is 0 Å². The van der Waals surface area contributed by atoms with Crippen molar-refractivity contribution in [3.63, 3.8) is 0 Å². The summed E-state index contributed by atoms with van der Waals surface area (Å²) in [6.07, 6.45) is 1.39. The van der Waals surface area contributed by atoms with Crippen molar-refractivity contribution in [1.82, 2.24) is 25.0 Å². The molecule has 0 saturated carbocycles. The molecule has 170 valence electrons. The lowest BCUT2D eigenvalue weighted by atomic mass is 10.2. The number of thiophene rings is 1. The lowest BCUT2D eigenvalue weighted by Gasteiger charge is -2.07. The summed E-state index contributed by atoms with van der Waals surface area (Å²) in [5.74, 6) is 0.417. The van der Waals surface area contributed by atoms with Crippen molar-refractivity contribution < 1.29 is 9.32 Å². The molecule has 34 heavy (non-hydrogen) atoms. The Balaban J connectivity index is 1.40. The van der Waals surface area contributed by atoms with Gasteiger partial charge in [-0.2, -0.15) is 4.98 Å². The summed E-state index contributed by atoms with van der Waals surface area (Å²) in [4.78, 5) is 35.6. The molecule has 0 spiro atoms. The molecule has 8 nitrogen and oxygen atoms in total. The summed E-state index contributed by atoms with van der Waals surface area (Å²) in [7, 11) is 0.